The SMILES string of the molecule is CCCOc1cccnc1-n1cc(C(=O)OCC)cn1. The molecule has 0 aromatic carbocycles. The highest BCUT2D eigenvalue weighted by atomic mass is 16.5. The maximum Gasteiger partial charge on any atom is 0.341 e. The van der Waals surface area contributed by atoms with Crippen LogP contribution in [0.15, 0.2) is 30.7 Å². The summed E-state index contributed by atoms with van der Waals surface area (Å²) in [6.45, 7) is 4.73. The predicted molar refractivity (Wildman–Crippen MR) is 73.1 cm³/mol. The minimum atomic E-state index is -0.397. The second-order valence-corrected chi connectivity index (χ2v) is 4.07. The Hall–Kier alpha value is -2.37. The van der Waals surface area contributed by atoms with Gasteiger partial charge in [-0.3, -0.25) is 0 Å². The molecular weight excluding hydrogens is 258 g/mol. The summed E-state index contributed by atoms with van der Waals surface area (Å²) >= 11 is 0. The van der Waals surface area contributed by atoms with Crippen molar-refractivity contribution in [3.63, 3.8) is 0 Å². The van der Waals surface area contributed by atoms with Gasteiger partial charge in [0.05, 0.1) is 25.0 Å². The molecule has 6 heteroatoms. The molecule has 2 rings (SSSR count). The molecule has 106 valence electrons. The maximum atomic E-state index is 11.6. The van der Waals surface area contributed by atoms with Gasteiger partial charge < -0.3 is 9.47 Å². The number of nitrogens with zero attached hydrogens (tertiary/aromatic N) is 3. The van der Waals surface area contributed by atoms with E-state index in [2.05, 4.69) is 10.1 Å². The van der Waals surface area contributed by atoms with Crippen LogP contribution in [0.2, 0.25) is 0 Å². The molecule has 2 heterocycles. The molecule has 0 atom stereocenters. The van der Waals surface area contributed by atoms with Crippen LogP contribution < -0.4 is 4.74 Å². The molecule has 0 radical (unpaired) electrons. The molecule has 2 aromatic heterocycles. The Morgan fingerprint density at radius 1 is 1.40 bits per heavy atom. The van der Waals surface area contributed by atoms with Gasteiger partial charge in [-0.1, -0.05) is 6.92 Å². The number of carbonyl (C=O) groups is 1. The highest BCUT2D eigenvalue weighted by Gasteiger charge is 2.13. The number of pyridine rings is 1. The van der Waals surface area contributed by atoms with Gasteiger partial charge in [0.15, 0.2) is 11.6 Å². The van der Waals surface area contributed by atoms with Crippen molar-refractivity contribution in [3.8, 4) is 11.6 Å². The van der Waals surface area contributed by atoms with Gasteiger partial charge in [-0.05, 0) is 25.5 Å². The summed E-state index contributed by atoms with van der Waals surface area (Å²) in [4.78, 5) is 15.9. The van der Waals surface area contributed by atoms with E-state index in [1.165, 1.54) is 10.9 Å². The minimum absolute atomic E-state index is 0.332. The third kappa shape index (κ3) is 3.14. The third-order valence-electron chi connectivity index (χ3n) is 2.52. The lowest BCUT2D eigenvalue weighted by atomic mass is 10.4. The number of hydrogen-bond donors (Lipinski definition) is 0. The summed E-state index contributed by atoms with van der Waals surface area (Å²) in [5.41, 5.74) is 0.388. The lowest BCUT2D eigenvalue weighted by Gasteiger charge is -2.09. The fourth-order valence-electron chi connectivity index (χ4n) is 1.64. The van der Waals surface area contributed by atoms with Crippen molar-refractivity contribution in [2.75, 3.05) is 13.2 Å². The first-order valence-electron chi connectivity index (χ1n) is 6.56. The third-order valence-corrected chi connectivity index (χ3v) is 2.52. The van der Waals surface area contributed by atoms with Crippen molar-refractivity contribution in [2.45, 2.75) is 20.3 Å². The van der Waals surface area contributed by atoms with E-state index < -0.39 is 5.97 Å². The summed E-state index contributed by atoms with van der Waals surface area (Å²) in [7, 11) is 0. The Balaban J connectivity index is 2.25. The van der Waals surface area contributed by atoms with Crippen LogP contribution in [0.25, 0.3) is 5.82 Å². The highest BCUT2D eigenvalue weighted by Crippen LogP contribution is 2.20. The zero-order valence-electron chi connectivity index (χ0n) is 11.6. The first-order chi connectivity index (χ1) is 9.76. The van der Waals surface area contributed by atoms with E-state index >= 15 is 0 Å². The minimum Gasteiger partial charge on any atom is -0.490 e. The van der Waals surface area contributed by atoms with Crippen molar-refractivity contribution in [2.24, 2.45) is 0 Å². The summed E-state index contributed by atoms with van der Waals surface area (Å²) < 4.78 is 12.1. The number of esters is 1. The fraction of sp³-hybridized carbons (Fsp3) is 0.357. The van der Waals surface area contributed by atoms with Crippen LogP contribution in [0.1, 0.15) is 30.6 Å². The van der Waals surface area contributed by atoms with E-state index in [1.54, 1.807) is 25.4 Å². The Labute approximate surface area is 117 Å². The Morgan fingerprint density at radius 2 is 2.25 bits per heavy atom. The van der Waals surface area contributed by atoms with Gasteiger partial charge >= 0.3 is 5.97 Å². The molecule has 0 N–H and O–H groups in total. The molecule has 0 saturated heterocycles. The van der Waals surface area contributed by atoms with Gasteiger partial charge in [-0.25, -0.2) is 14.5 Å². The summed E-state index contributed by atoms with van der Waals surface area (Å²) in [5, 5.41) is 4.13. The first kappa shape index (κ1) is 14.0. The largest absolute Gasteiger partial charge is 0.490 e. The Kier molecular flexibility index (Phi) is 4.70. The monoisotopic (exact) mass is 275 g/mol. The zero-order chi connectivity index (χ0) is 14.4. The first-order valence-corrected chi connectivity index (χ1v) is 6.56. The molecule has 0 spiro atoms. The number of rotatable bonds is 6. The molecule has 0 amide bonds. The predicted octanol–water partition coefficient (Wildman–Crippen LogP) is 2.23. The van der Waals surface area contributed by atoms with Crippen LogP contribution in [-0.2, 0) is 4.74 Å². The molecule has 0 fully saturated rings. The van der Waals surface area contributed by atoms with Crippen LogP contribution in [-0.4, -0.2) is 33.9 Å². The quantitative estimate of drug-likeness (QED) is 0.756. The molecular formula is C14H17N3O3. The van der Waals surface area contributed by atoms with Crippen molar-refractivity contribution < 1.29 is 14.3 Å². The summed E-state index contributed by atoms with van der Waals surface area (Å²) in [5.74, 6) is 0.787. The number of aromatic nitrogens is 3. The van der Waals surface area contributed by atoms with E-state index in [4.69, 9.17) is 9.47 Å². The van der Waals surface area contributed by atoms with E-state index in [0.717, 1.165) is 6.42 Å². The lowest BCUT2D eigenvalue weighted by Crippen LogP contribution is -2.05. The zero-order valence-corrected chi connectivity index (χ0v) is 11.6. The molecule has 0 saturated carbocycles. The molecule has 0 bridgehead atoms. The van der Waals surface area contributed by atoms with Crippen molar-refractivity contribution in [1.29, 1.82) is 0 Å². The van der Waals surface area contributed by atoms with Crippen LogP contribution >= 0.6 is 0 Å². The standard InChI is InChI=1S/C14H17N3O3/c1-3-8-20-12-6-5-7-15-13(12)17-10-11(9-16-17)14(18)19-4-2/h5-7,9-10H,3-4,8H2,1-2H3. The molecule has 2 aromatic rings. The molecule has 0 aliphatic heterocycles. The maximum absolute atomic E-state index is 11.6. The van der Waals surface area contributed by atoms with E-state index in [1.807, 2.05) is 13.0 Å². The number of hydrogen-bond acceptors (Lipinski definition) is 5. The van der Waals surface area contributed by atoms with Gasteiger partial charge in [0, 0.05) is 12.4 Å². The Morgan fingerprint density at radius 3 is 3.00 bits per heavy atom. The second-order valence-electron chi connectivity index (χ2n) is 4.07. The average molecular weight is 275 g/mol. The molecule has 20 heavy (non-hydrogen) atoms. The van der Waals surface area contributed by atoms with Gasteiger partial charge in [0.2, 0.25) is 0 Å². The van der Waals surface area contributed by atoms with Crippen LogP contribution in [0, 0.1) is 0 Å². The van der Waals surface area contributed by atoms with E-state index in [9.17, 15) is 4.79 Å². The number of ether oxygens (including phenoxy) is 2. The second kappa shape index (κ2) is 6.70. The van der Waals surface area contributed by atoms with Crippen LogP contribution in [0.4, 0.5) is 0 Å². The molecule has 0 unspecified atom stereocenters. The smallest absolute Gasteiger partial charge is 0.341 e. The Bertz CT molecular complexity index is 581. The van der Waals surface area contributed by atoms with E-state index in [-0.39, 0.29) is 0 Å². The molecule has 0 aliphatic carbocycles. The topological polar surface area (TPSA) is 66.2 Å². The average Bonchev–Trinajstić information content (AvgIpc) is 2.95. The highest BCUT2D eigenvalue weighted by molar-refractivity contribution is 5.88. The van der Waals surface area contributed by atoms with Crippen LogP contribution in [0.3, 0.4) is 0 Å². The van der Waals surface area contributed by atoms with Crippen molar-refractivity contribution in [1.82, 2.24) is 14.8 Å². The van der Waals surface area contributed by atoms with Crippen molar-refractivity contribution >= 4 is 5.97 Å². The van der Waals surface area contributed by atoms with E-state index in [0.29, 0.717) is 30.3 Å². The van der Waals surface area contributed by atoms with Gasteiger partial charge in [0.25, 0.3) is 0 Å². The molecule has 0 aliphatic rings. The van der Waals surface area contributed by atoms with Gasteiger partial charge in [-0.15, -0.1) is 0 Å². The van der Waals surface area contributed by atoms with Crippen molar-refractivity contribution in [3.05, 3.63) is 36.3 Å². The van der Waals surface area contributed by atoms with Crippen LogP contribution in [0.5, 0.6) is 5.75 Å². The summed E-state index contributed by atoms with van der Waals surface area (Å²) in [6, 6.07) is 3.62. The number of carbonyl (C=O) groups excluding carboxylic acids is 1. The molecule has 6 nitrogen and oxygen atoms in total. The fourth-order valence-corrected chi connectivity index (χ4v) is 1.64. The van der Waals surface area contributed by atoms with Gasteiger partial charge in [0.1, 0.15) is 0 Å². The lowest BCUT2D eigenvalue weighted by molar-refractivity contribution is 0.0526. The van der Waals surface area contributed by atoms with Gasteiger partial charge in [-0.2, -0.15) is 5.10 Å². The normalized spacial score (nSPS) is 10.3. The summed E-state index contributed by atoms with van der Waals surface area (Å²) in [6.07, 6.45) is 5.59.